The van der Waals surface area contributed by atoms with Crippen LogP contribution in [0.25, 0.3) is 0 Å². The first-order chi connectivity index (χ1) is 13.2. The van der Waals surface area contributed by atoms with Crippen molar-refractivity contribution in [1.82, 2.24) is 10.3 Å². The van der Waals surface area contributed by atoms with Crippen LogP contribution in [0.2, 0.25) is 0 Å². The van der Waals surface area contributed by atoms with Crippen LogP contribution in [-0.2, 0) is 19.7 Å². The van der Waals surface area contributed by atoms with Crippen molar-refractivity contribution in [3.8, 4) is 11.5 Å². The van der Waals surface area contributed by atoms with Gasteiger partial charge in [0.25, 0.3) is 0 Å². The zero-order chi connectivity index (χ0) is 19.1. The fourth-order valence-electron chi connectivity index (χ4n) is 2.64. The number of pyridine rings is 1. The molecule has 0 radical (unpaired) electrons. The van der Waals surface area contributed by atoms with E-state index in [0.29, 0.717) is 31.2 Å². The van der Waals surface area contributed by atoms with Crippen molar-refractivity contribution in [2.45, 2.75) is 19.7 Å². The lowest BCUT2D eigenvalue weighted by Gasteiger charge is -2.17. The van der Waals surface area contributed by atoms with Crippen LogP contribution in [-0.4, -0.2) is 12.1 Å². The van der Waals surface area contributed by atoms with E-state index >= 15 is 0 Å². The molecule has 0 unspecified atom stereocenters. The Labute approximate surface area is 166 Å². The molecular formula is C21H20BrFN2O2. The van der Waals surface area contributed by atoms with Crippen molar-refractivity contribution in [1.29, 1.82) is 0 Å². The van der Waals surface area contributed by atoms with E-state index in [1.807, 2.05) is 30.5 Å². The molecule has 0 spiro atoms. The molecule has 0 saturated heterocycles. The normalized spacial score (nSPS) is 10.6. The number of halogens is 2. The Kier molecular flexibility index (Phi) is 6.79. The van der Waals surface area contributed by atoms with Crippen molar-refractivity contribution >= 4 is 15.9 Å². The molecule has 3 rings (SSSR count). The van der Waals surface area contributed by atoms with Crippen LogP contribution in [0.4, 0.5) is 4.39 Å². The Morgan fingerprint density at radius 2 is 1.85 bits per heavy atom. The number of methoxy groups -OCH3 is 1. The molecule has 0 saturated carbocycles. The van der Waals surface area contributed by atoms with Gasteiger partial charge in [-0.05, 0) is 41.5 Å². The first-order valence-electron chi connectivity index (χ1n) is 8.49. The van der Waals surface area contributed by atoms with Crippen LogP contribution >= 0.6 is 15.9 Å². The first-order valence-corrected chi connectivity index (χ1v) is 9.29. The van der Waals surface area contributed by atoms with Crippen LogP contribution in [0.15, 0.2) is 65.4 Å². The Morgan fingerprint density at radius 3 is 2.56 bits per heavy atom. The third-order valence-electron chi connectivity index (χ3n) is 4.04. The van der Waals surface area contributed by atoms with Gasteiger partial charge in [0, 0.05) is 35.5 Å². The molecule has 0 amide bonds. The summed E-state index contributed by atoms with van der Waals surface area (Å²) < 4.78 is 25.5. The minimum Gasteiger partial charge on any atom is -0.493 e. The minimum atomic E-state index is -0.265. The van der Waals surface area contributed by atoms with Crippen LogP contribution in [0.1, 0.15) is 16.7 Å². The number of hydrogen-bond acceptors (Lipinski definition) is 4. The van der Waals surface area contributed by atoms with Gasteiger partial charge in [-0.15, -0.1) is 0 Å². The zero-order valence-electron chi connectivity index (χ0n) is 14.9. The van der Waals surface area contributed by atoms with Gasteiger partial charge in [0.05, 0.1) is 7.11 Å². The van der Waals surface area contributed by atoms with Gasteiger partial charge in [0.1, 0.15) is 12.4 Å². The van der Waals surface area contributed by atoms with E-state index in [4.69, 9.17) is 9.47 Å². The Bertz CT molecular complexity index is 873. The highest BCUT2D eigenvalue weighted by molar-refractivity contribution is 9.10. The fourth-order valence-corrected chi connectivity index (χ4v) is 3.09. The second-order valence-electron chi connectivity index (χ2n) is 5.94. The van der Waals surface area contributed by atoms with E-state index in [1.54, 1.807) is 25.4 Å². The molecule has 0 aliphatic rings. The van der Waals surface area contributed by atoms with E-state index in [2.05, 4.69) is 26.2 Å². The van der Waals surface area contributed by atoms with Gasteiger partial charge in [-0.25, -0.2) is 4.39 Å². The number of nitrogens with one attached hydrogen (secondary N) is 1. The summed E-state index contributed by atoms with van der Waals surface area (Å²) in [5, 5.41) is 3.40. The second-order valence-corrected chi connectivity index (χ2v) is 6.79. The first kappa shape index (κ1) is 19.3. The zero-order valence-corrected chi connectivity index (χ0v) is 16.5. The number of ether oxygens (including phenoxy) is 2. The van der Waals surface area contributed by atoms with Gasteiger partial charge in [-0.1, -0.05) is 34.1 Å². The molecule has 0 atom stereocenters. The molecule has 140 valence electrons. The van der Waals surface area contributed by atoms with Crippen molar-refractivity contribution in [3.05, 3.63) is 87.9 Å². The maximum absolute atomic E-state index is 13.1. The highest BCUT2D eigenvalue weighted by Gasteiger charge is 2.15. The molecule has 1 aromatic heterocycles. The van der Waals surface area contributed by atoms with Crippen molar-refractivity contribution in [2.24, 2.45) is 0 Å². The highest BCUT2D eigenvalue weighted by atomic mass is 79.9. The van der Waals surface area contributed by atoms with E-state index in [9.17, 15) is 4.39 Å². The summed E-state index contributed by atoms with van der Waals surface area (Å²) in [6, 6.07) is 14.0. The molecule has 0 aliphatic carbocycles. The molecule has 0 aliphatic heterocycles. The summed E-state index contributed by atoms with van der Waals surface area (Å²) in [5.41, 5.74) is 2.94. The van der Waals surface area contributed by atoms with Gasteiger partial charge in [-0.2, -0.15) is 0 Å². The van der Waals surface area contributed by atoms with Gasteiger partial charge in [0.15, 0.2) is 11.5 Å². The molecule has 27 heavy (non-hydrogen) atoms. The molecule has 1 heterocycles. The highest BCUT2D eigenvalue weighted by Crippen LogP contribution is 2.36. The van der Waals surface area contributed by atoms with Crippen LogP contribution in [0, 0.1) is 5.82 Å². The lowest BCUT2D eigenvalue weighted by Crippen LogP contribution is -2.14. The molecule has 0 bridgehead atoms. The SMILES string of the molecule is COc1ccc(Br)c(CNCc2cccnc2)c1OCc1ccc(F)cc1. The standard InChI is InChI=1S/C21H20BrFN2O2/c1-26-20-9-8-19(22)18(13-25-12-16-3-2-10-24-11-16)21(20)27-14-15-4-6-17(23)7-5-15/h2-11,25H,12-14H2,1H3. The summed E-state index contributed by atoms with van der Waals surface area (Å²) in [6.45, 7) is 1.60. The third-order valence-corrected chi connectivity index (χ3v) is 4.78. The molecule has 2 aromatic carbocycles. The van der Waals surface area contributed by atoms with E-state index in [0.717, 1.165) is 21.2 Å². The molecule has 3 aromatic rings. The smallest absolute Gasteiger partial charge is 0.167 e. The second kappa shape index (κ2) is 9.48. The molecule has 0 fully saturated rings. The lowest BCUT2D eigenvalue weighted by molar-refractivity contribution is 0.280. The number of hydrogen-bond donors (Lipinski definition) is 1. The number of aromatic nitrogens is 1. The van der Waals surface area contributed by atoms with Crippen LogP contribution < -0.4 is 14.8 Å². The van der Waals surface area contributed by atoms with Crippen molar-refractivity contribution < 1.29 is 13.9 Å². The quantitative estimate of drug-likeness (QED) is 0.553. The molecule has 6 heteroatoms. The Balaban J connectivity index is 1.74. The van der Waals surface area contributed by atoms with Gasteiger partial charge < -0.3 is 14.8 Å². The number of rotatable bonds is 8. The molecule has 1 N–H and O–H groups in total. The average Bonchev–Trinajstić information content (AvgIpc) is 2.70. The van der Waals surface area contributed by atoms with Gasteiger partial charge in [-0.3, -0.25) is 4.98 Å². The maximum Gasteiger partial charge on any atom is 0.167 e. The topological polar surface area (TPSA) is 43.4 Å². The minimum absolute atomic E-state index is 0.265. The van der Waals surface area contributed by atoms with E-state index < -0.39 is 0 Å². The van der Waals surface area contributed by atoms with Crippen molar-refractivity contribution in [3.63, 3.8) is 0 Å². The lowest BCUT2D eigenvalue weighted by atomic mass is 10.1. The number of nitrogens with zero attached hydrogens (tertiary/aromatic N) is 1. The monoisotopic (exact) mass is 430 g/mol. The largest absolute Gasteiger partial charge is 0.493 e. The van der Waals surface area contributed by atoms with E-state index in [-0.39, 0.29) is 5.82 Å². The molecule has 4 nitrogen and oxygen atoms in total. The van der Waals surface area contributed by atoms with E-state index in [1.165, 1.54) is 12.1 Å². The maximum atomic E-state index is 13.1. The average molecular weight is 431 g/mol. The third kappa shape index (κ3) is 5.28. The van der Waals surface area contributed by atoms with Crippen LogP contribution in [0.5, 0.6) is 11.5 Å². The summed E-state index contributed by atoms with van der Waals surface area (Å²) >= 11 is 3.60. The summed E-state index contributed by atoms with van der Waals surface area (Å²) in [5.74, 6) is 1.05. The van der Waals surface area contributed by atoms with Crippen molar-refractivity contribution in [2.75, 3.05) is 7.11 Å². The fraction of sp³-hybridized carbons (Fsp3) is 0.190. The van der Waals surface area contributed by atoms with Crippen LogP contribution in [0.3, 0.4) is 0 Å². The summed E-state index contributed by atoms with van der Waals surface area (Å²) in [7, 11) is 1.61. The Morgan fingerprint density at radius 1 is 1.04 bits per heavy atom. The Hall–Kier alpha value is -2.44. The van der Waals surface area contributed by atoms with Gasteiger partial charge in [0.2, 0.25) is 0 Å². The van der Waals surface area contributed by atoms with Gasteiger partial charge >= 0.3 is 0 Å². The number of benzene rings is 2. The summed E-state index contributed by atoms with van der Waals surface area (Å²) in [6.07, 6.45) is 3.59. The predicted octanol–water partition coefficient (Wildman–Crippen LogP) is 4.86. The summed E-state index contributed by atoms with van der Waals surface area (Å²) in [4.78, 5) is 4.12. The molecular weight excluding hydrogens is 411 g/mol. The predicted molar refractivity (Wildman–Crippen MR) is 106 cm³/mol.